The maximum Gasteiger partial charge on any atom is 0.124 e. The third-order valence-electron chi connectivity index (χ3n) is 3.70. The van der Waals surface area contributed by atoms with Gasteiger partial charge in [-0.05, 0) is 39.0 Å². The Hall–Kier alpha value is -1.32. The van der Waals surface area contributed by atoms with Gasteiger partial charge in [-0.15, -0.1) is 11.3 Å². The molecule has 0 saturated heterocycles. The number of thiophene rings is 1. The van der Waals surface area contributed by atoms with E-state index in [9.17, 15) is 0 Å². The number of nitrogens with one attached hydrogen (secondary N) is 1. The second-order valence-electron chi connectivity index (χ2n) is 6.05. The van der Waals surface area contributed by atoms with Crippen LogP contribution in [0.1, 0.15) is 41.6 Å². The fourth-order valence-electron chi connectivity index (χ4n) is 2.79. The molecule has 0 aliphatic carbocycles. The minimum Gasteiger partial charge on any atom is -0.487 e. The van der Waals surface area contributed by atoms with Crippen LogP contribution in [0.5, 0.6) is 5.75 Å². The van der Waals surface area contributed by atoms with Crippen LogP contribution in [0.2, 0.25) is 0 Å². The number of ether oxygens (including phenoxy) is 1. The minimum absolute atomic E-state index is 0.114. The van der Waals surface area contributed by atoms with Crippen molar-refractivity contribution in [1.29, 1.82) is 0 Å². The van der Waals surface area contributed by atoms with Crippen molar-refractivity contribution in [3.8, 4) is 5.75 Å². The molecular weight excluding hydrogens is 266 g/mol. The van der Waals surface area contributed by atoms with Crippen LogP contribution in [-0.2, 0) is 6.54 Å². The average molecular weight is 287 g/mol. The van der Waals surface area contributed by atoms with Gasteiger partial charge in [0, 0.05) is 34.3 Å². The van der Waals surface area contributed by atoms with Gasteiger partial charge in [0.25, 0.3) is 0 Å². The molecule has 1 aromatic heterocycles. The van der Waals surface area contributed by atoms with Crippen LogP contribution in [-0.4, -0.2) is 5.60 Å². The largest absolute Gasteiger partial charge is 0.487 e. The molecule has 106 valence electrons. The van der Waals surface area contributed by atoms with E-state index >= 15 is 0 Å². The molecular formula is C17H21NOS. The van der Waals surface area contributed by atoms with E-state index < -0.39 is 0 Å². The predicted octanol–water partition coefficient (Wildman–Crippen LogP) is 4.45. The summed E-state index contributed by atoms with van der Waals surface area (Å²) in [5.74, 6) is 1.02. The van der Waals surface area contributed by atoms with Crippen LogP contribution >= 0.6 is 11.3 Å². The summed E-state index contributed by atoms with van der Waals surface area (Å²) in [6.45, 7) is 7.40. The normalized spacial score (nSPS) is 20.2. The number of hydrogen-bond donors (Lipinski definition) is 1. The Balaban J connectivity index is 1.78. The maximum absolute atomic E-state index is 6.07. The van der Waals surface area contributed by atoms with Crippen molar-refractivity contribution in [2.24, 2.45) is 0 Å². The molecule has 1 aromatic carbocycles. The van der Waals surface area contributed by atoms with Crippen LogP contribution in [0, 0.1) is 6.92 Å². The van der Waals surface area contributed by atoms with Gasteiger partial charge in [-0.25, -0.2) is 0 Å². The molecule has 1 N–H and O–H groups in total. The number of para-hydroxylation sites is 1. The van der Waals surface area contributed by atoms with Gasteiger partial charge in [0.15, 0.2) is 0 Å². The lowest BCUT2D eigenvalue weighted by atomic mass is 9.90. The molecule has 3 rings (SSSR count). The first-order valence-electron chi connectivity index (χ1n) is 7.10. The van der Waals surface area contributed by atoms with Gasteiger partial charge < -0.3 is 10.1 Å². The molecule has 0 saturated carbocycles. The summed E-state index contributed by atoms with van der Waals surface area (Å²) < 4.78 is 6.07. The topological polar surface area (TPSA) is 21.3 Å². The second-order valence-corrected chi connectivity index (χ2v) is 7.42. The van der Waals surface area contributed by atoms with Crippen LogP contribution in [0.15, 0.2) is 36.4 Å². The van der Waals surface area contributed by atoms with E-state index in [-0.39, 0.29) is 5.60 Å². The molecule has 20 heavy (non-hydrogen) atoms. The van der Waals surface area contributed by atoms with Crippen molar-refractivity contribution in [3.63, 3.8) is 0 Å². The molecule has 2 heterocycles. The Morgan fingerprint density at radius 2 is 2.05 bits per heavy atom. The van der Waals surface area contributed by atoms with Crippen molar-refractivity contribution < 1.29 is 4.74 Å². The molecule has 0 fully saturated rings. The first-order valence-corrected chi connectivity index (χ1v) is 7.92. The molecule has 0 bridgehead atoms. The Morgan fingerprint density at radius 3 is 2.80 bits per heavy atom. The first kappa shape index (κ1) is 13.7. The van der Waals surface area contributed by atoms with Crippen molar-refractivity contribution in [2.75, 3.05) is 0 Å². The highest BCUT2D eigenvalue weighted by molar-refractivity contribution is 7.11. The lowest BCUT2D eigenvalue weighted by Gasteiger charge is -2.38. The average Bonchev–Trinajstić information content (AvgIpc) is 2.80. The van der Waals surface area contributed by atoms with Gasteiger partial charge in [0.2, 0.25) is 0 Å². The lowest BCUT2D eigenvalue weighted by molar-refractivity contribution is 0.0658. The van der Waals surface area contributed by atoms with E-state index in [1.165, 1.54) is 15.3 Å². The first-order chi connectivity index (χ1) is 9.53. The molecule has 3 heteroatoms. The van der Waals surface area contributed by atoms with Gasteiger partial charge in [0.05, 0.1) is 0 Å². The summed E-state index contributed by atoms with van der Waals surface area (Å²) in [5.41, 5.74) is 1.16. The van der Waals surface area contributed by atoms with E-state index in [1.807, 2.05) is 17.4 Å². The monoisotopic (exact) mass is 287 g/mol. The lowest BCUT2D eigenvalue weighted by Crippen LogP contribution is -2.39. The zero-order valence-electron chi connectivity index (χ0n) is 12.3. The Morgan fingerprint density at radius 1 is 1.25 bits per heavy atom. The molecule has 1 aliphatic heterocycles. The smallest absolute Gasteiger partial charge is 0.124 e. The van der Waals surface area contributed by atoms with Gasteiger partial charge in [0.1, 0.15) is 11.4 Å². The Bertz CT molecular complexity index is 603. The standard InChI is InChI=1S/C17H21NOS/c1-12-8-9-13(20-12)11-18-15-10-17(2,3)19-16-7-5-4-6-14(15)16/h4-9,15,18H,10-11H2,1-3H3. The quantitative estimate of drug-likeness (QED) is 0.900. The fraction of sp³-hybridized carbons (Fsp3) is 0.412. The molecule has 0 spiro atoms. The summed E-state index contributed by atoms with van der Waals surface area (Å²) >= 11 is 1.86. The third kappa shape index (κ3) is 2.89. The molecule has 1 atom stereocenters. The zero-order valence-corrected chi connectivity index (χ0v) is 13.1. The number of fused-ring (bicyclic) bond motifs is 1. The van der Waals surface area contributed by atoms with E-state index in [0.717, 1.165) is 18.7 Å². The zero-order chi connectivity index (χ0) is 14.2. The Labute approximate surface area is 124 Å². The van der Waals surface area contributed by atoms with Crippen LogP contribution in [0.25, 0.3) is 0 Å². The summed E-state index contributed by atoms with van der Waals surface area (Å²) in [6, 6.07) is 13.1. The maximum atomic E-state index is 6.07. The van der Waals surface area contributed by atoms with Gasteiger partial charge in [-0.2, -0.15) is 0 Å². The van der Waals surface area contributed by atoms with Crippen molar-refractivity contribution in [1.82, 2.24) is 5.32 Å². The summed E-state index contributed by atoms with van der Waals surface area (Å²) in [5, 5.41) is 3.69. The van der Waals surface area contributed by atoms with Crippen molar-refractivity contribution >= 4 is 11.3 Å². The number of aryl methyl sites for hydroxylation is 1. The molecule has 0 amide bonds. The summed E-state index contributed by atoms with van der Waals surface area (Å²) in [4.78, 5) is 2.76. The number of rotatable bonds is 3. The van der Waals surface area contributed by atoms with Gasteiger partial charge >= 0.3 is 0 Å². The third-order valence-corrected chi connectivity index (χ3v) is 4.70. The fourth-order valence-corrected chi connectivity index (χ4v) is 3.63. The highest BCUT2D eigenvalue weighted by atomic mass is 32.1. The number of hydrogen-bond acceptors (Lipinski definition) is 3. The molecule has 1 aliphatic rings. The van der Waals surface area contributed by atoms with E-state index in [0.29, 0.717) is 6.04 Å². The molecule has 2 nitrogen and oxygen atoms in total. The van der Waals surface area contributed by atoms with E-state index in [4.69, 9.17) is 4.74 Å². The van der Waals surface area contributed by atoms with E-state index in [1.54, 1.807) is 0 Å². The molecule has 2 aromatic rings. The SMILES string of the molecule is Cc1ccc(CNC2CC(C)(C)Oc3ccccc32)s1. The van der Waals surface area contributed by atoms with Crippen molar-refractivity contribution in [2.45, 2.75) is 45.4 Å². The van der Waals surface area contributed by atoms with Crippen LogP contribution < -0.4 is 10.1 Å². The minimum atomic E-state index is -0.114. The van der Waals surface area contributed by atoms with Gasteiger partial charge in [-0.1, -0.05) is 18.2 Å². The number of benzene rings is 1. The predicted molar refractivity (Wildman–Crippen MR) is 84.4 cm³/mol. The molecule has 0 radical (unpaired) electrons. The van der Waals surface area contributed by atoms with Crippen LogP contribution in [0.4, 0.5) is 0 Å². The van der Waals surface area contributed by atoms with Crippen molar-refractivity contribution in [3.05, 3.63) is 51.7 Å². The highest BCUT2D eigenvalue weighted by Crippen LogP contribution is 2.39. The summed E-state index contributed by atoms with van der Waals surface area (Å²) in [7, 11) is 0. The van der Waals surface area contributed by atoms with Gasteiger partial charge in [-0.3, -0.25) is 0 Å². The summed E-state index contributed by atoms with van der Waals surface area (Å²) in [6.07, 6.45) is 0.994. The second kappa shape index (κ2) is 5.23. The Kier molecular flexibility index (Phi) is 3.57. The van der Waals surface area contributed by atoms with E-state index in [2.05, 4.69) is 56.4 Å². The highest BCUT2D eigenvalue weighted by Gasteiger charge is 2.33. The molecule has 1 unspecified atom stereocenters. The van der Waals surface area contributed by atoms with Crippen LogP contribution in [0.3, 0.4) is 0 Å².